The average Bonchev–Trinajstić information content (AvgIpc) is 2.63. The molecule has 1 atom stereocenters. The molecule has 0 radical (unpaired) electrons. The number of hydrogen-bond donors (Lipinski definition) is 1. The van der Waals surface area contributed by atoms with Crippen LogP contribution in [0.3, 0.4) is 0 Å². The molecule has 1 aliphatic rings. The van der Waals surface area contributed by atoms with Gasteiger partial charge in [-0.3, -0.25) is 4.79 Å². The Balaban J connectivity index is 1.92. The summed E-state index contributed by atoms with van der Waals surface area (Å²) < 4.78 is 2.09. The molecule has 2 rings (SSSR count). The Morgan fingerprint density at radius 3 is 2.83 bits per heavy atom. The second-order valence-corrected chi connectivity index (χ2v) is 3.18. The molecule has 1 unspecified atom stereocenters. The molecule has 0 aliphatic carbocycles. The Hall–Kier alpha value is -1.25. The number of nitrogens with zero attached hydrogens (tertiary/aromatic N) is 1. The van der Waals surface area contributed by atoms with Crippen LogP contribution in [0.1, 0.15) is 12.8 Å². The molecule has 0 saturated carbocycles. The summed E-state index contributed by atoms with van der Waals surface area (Å²) in [6.45, 7) is 0.902. The van der Waals surface area contributed by atoms with Crippen LogP contribution in [0.25, 0.3) is 0 Å². The minimum atomic E-state index is 0.187. The van der Waals surface area contributed by atoms with E-state index in [0.717, 1.165) is 13.0 Å². The number of carbonyl (C=O) groups is 1. The molecular formula is C9H12N2O. The molecular weight excluding hydrogens is 152 g/mol. The summed E-state index contributed by atoms with van der Waals surface area (Å²) in [6.07, 6.45) is 5.69. The third-order valence-corrected chi connectivity index (χ3v) is 2.18. The first-order chi connectivity index (χ1) is 5.84. The molecule has 1 N–H and O–H groups in total. The molecule has 1 aromatic rings. The monoisotopic (exact) mass is 164 g/mol. The Kier molecular flexibility index (Phi) is 1.86. The fraction of sp³-hybridized carbons (Fsp3) is 0.444. The molecule has 1 aliphatic heterocycles. The number of carbonyl (C=O) groups excluding carboxylic acids is 1. The molecule has 1 amide bonds. The molecule has 12 heavy (non-hydrogen) atoms. The first kappa shape index (κ1) is 7.40. The van der Waals surface area contributed by atoms with Crippen molar-refractivity contribution in [1.29, 1.82) is 0 Å². The summed E-state index contributed by atoms with van der Waals surface area (Å²) in [7, 11) is 0. The van der Waals surface area contributed by atoms with Crippen LogP contribution in [0.15, 0.2) is 24.5 Å². The highest BCUT2D eigenvalue weighted by molar-refractivity contribution is 5.78. The predicted octanol–water partition coefficient (Wildman–Crippen LogP) is 0.767. The zero-order valence-electron chi connectivity index (χ0n) is 6.86. The zero-order valence-corrected chi connectivity index (χ0v) is 6.86. The highest BCUT2D eigenvalue weighted by Crippen LogP contribution is 2.08. The lowest BCUT2D eigenvalue weighted by Crippen LogP contribution is -2.29. The van der Waals surface area contributed by atoms with Crippen molar-refractivity contribution in [3.63, 3.8) is 0 Å². The molecule has 1 aromatic heterocycles. The molecule has 0 bridgehead atoms. The Morgan fingerprint density at radius 2 is 2.25 bits per heavy atom. The van der Waals surface area contributed by atoms with E-state index in [1.54, 1.807) is 0 Å². The van der Waals surface area contributed by atoms with Gasteiger partial charge in [0, 0.05) is 31.4 Å². The smallest absolute Gasteiger partial charge is 0.220 e. The van der Waals surface area contributed by atoms with Crippen molar-refractivity contribution in [2.75, 3.05) is 0 Å². The highest BCUT2D eigenvalue weighted by Gasteiger charge is 2.20. The summed E-state index contributed by atoms with van der Waals surface area (Å²) in [5.41, 5.74) is 0. The van der Waals surface area contributed by atoms with Gasteiger partial charge in [-0.2, -0.15) is 0 Å². The third kappa shape index (κ3) is 1.49. The molecule has 0 aromatic carbocycles. The molecule has 3 heteroatoms. The number of rotatable bonds is 2. The van der Waals surface area contributed by atoms with Gasteiger partial charge in [-0.05, 0) is 18.6 Å². The van der Waals surface area contributed by atoms with E-state index < -0.39 is 0 Å². The van der Waals surface area contributed by atoms with E-state index in [4.69, 9.17) is 0 Å². The number of aromatic nitrogens is 1. The lowest BCUT2D eigenvalue weighted by molar-refractivity contribution is -0.119. The standard InChI is InChI=1S/C9H12N2O/c12-9-4-3-8(10-9)7-11-5-1-2-6-11/h1-2,5-6,8H,3-4,7H2,(H,10,12). The largest absolute Gasteiger partial charge is 0.352 e. The van der Waals surface area contributed by atoms with Crippen LogP contribution in [0.4, 0.5) is 0 Å². The maximum Gasteiger partial charge on any atom is 0.220 e. The summed E-state index contributed by atoms with van der Waals surface area (Å²) in [6, 6.07) is 4.33. The van der Waals surface area contributed by atoms with E-state index in [9.17, 15) is 4.79 Å². The van der Waals surface area contributed by atoms with Crippen LogP contribution in [0.2, 0.25) is 0 Å². The Labute approximate surface area is 71.4 Å². The van der Waals surface area contributed by atoms with Crippen molar-refractivity contribution < 1.29 is 4.79 Å². The van der Waals surface area contributed by atoms with Crippen molar-refractivity contribution in [3.8, 4) is 0 Å². The van der Waals surface area contributed by atoms with E-state index in [-0.39, 0.29) is 5.91 Å². The van der Waals surface area contributed by atoms with Crippen LogP contribution < -0.4 is 5.32 Å². The Morgan fingerprint density at radius 1 is 1.50 bits per heavy atom. The number of amides is 1. The van der Waals surface area contributed by atoms with Crippen LogP contribution >= 0.6 is 0 Å². The van der Waals surface area contributed by atoms with Gasteiger partial charge in [-0.1, -0.05) is 0 Å². The van der Waals surface area contributed by atoms with Gasteiger partial charge in [0.15, 0.2) is 0 Å². The van der Waals surface area contributed by atoms with Gasteiger partial charge < -0.3 is 9.88 Å². The lowest BCUT2D eigenvalue weighted by atomic mass is 10.2. The zero-order chi connectivity index (χ0) is 8.39. The van der Waals surface area contributed by atoms with Crippen LogP contribution in [-0.4, -0.2) is 16.5 Å². The van der Waals surface area contributed by atoms with Crippen molar-refractivity contribution in [3.05, 3.63) is 24.5 Å². The highest BCUT2D eigenvalue weighted by atomic mass is 16.1. The predicted molar refractivity (Wildman–Crippen MR) is 45.6 cm³/mol. The topological polar surface area (TPSA) is 34.0 Å². The van der Waals surface area contributed by atoms with E-state index in [0.29, 0.717) is 12.5 Å². The average molecular weight is 164 g/mol. The fourth-order valence-electron chi connectivity index (χ4n) is 1.56. The van der Waals surface area contributed by atoms with E-state index >= 15 is 0 Å². The molecule has 2 heterocycles. The van der Waals surface area contributed by atoms with Crippen molar-refractivity contribution in [2.24, 2.45) is 0 Å². The van der Waals surface area contributed by atoms with Crippen LogP contribution in [0, 0.1) is 0 Å². The summed E-state index contributed by atoms with van der Waals surface area (Å²) in [5, 5.41) is 2.93. The van der Waals surface area contributed by atoms with Crippen LogP contribution in [-0.2, 0) is 11.3 Å². The molecule has 1 fully saturated rings. The quantitative estimate of drug-likeness (QED) is 0.688. The maximum atomic E-state index is 10.9. The Bertz CT molecular complexity index is 266. The number of hydrogen-bond acceptors (Lipinski definition) is 1. The van der Waals surface area contributed by atoms with Crippen molar-refractivity contribution in [1.82, 2.24) is 9.88 Å². The lowest BCUT2D eigenvalue weighted by Gasteiger charge is -2.10. The molecule has 1 saturated heterocycles. The molecule has 0 spiro atoms. The maximum absolute atomic E-state index is 10.9. The molecule has 3 nitrogen and oxygen atoms in total. The third-order valence-electron chi connectivity index (χ3n) is 2.18. The SMILES string of the molecule is O=C1CCC(Cn2cccc2)N1. The van der Waals surface area contributed by atoms with Gasteiger partial charge in [0.1, 0.15) is 0 Å². The normalized spacial score (nSPS) is 22.7. The first-order valence-corrected chi connectivity index (χ1v) is 4.25. The van der Waals surface area contributed by atoms with E-state index in [1.807, 2.05) is 24.5 Å². The van der Waals surface area contributed by atoms with E-state index in [1.165, 1.54) is 0 Å². The first-order valence-electron chi connectivity index (χ1n) is 4.25. The van der Waals surface area contributed by atoms with Gasteiger partial charge in [0.05, 0.1) is 0 Å². The second-order valence-electron chi connectivity index (χ2n) is 3.18. The van der Waals surface area contributed by atoms with Gasteiger partial charge in [-0.15, -0.1) is 0 Å². The molecule has 64 valence electrons. The van der Waals surface area contributed by atoms with Crippen molar-refractivity contribution >= 4 is 5.91 Å². The summed E-state index contributed by atoms with van der Waals surface area (Å²) in [5.74, 6) is 0.187. The van der Waals surface area contributed by atoms with Gasteiger partial charge in [0.2, 0.25) is 5.91 Å². The summed E-state index contributed by atoms with van der Waals surface area (Å²) in [4.78, 5) is 10.9. The number of nitrogens with one attached hydrogen (secondary N) is 1. The van der Waals surface area contributed by atoms with Gasteiger partial charge in [0.25, 0.3) is 0 Å². The van der Waals surface area contributed by atoms with Gasteiger partial charge in [-0.25, -0.2) is 0 Å². The van der Waals surface area contributed by atoms with Gasteiger partial charge >= 0.3 is 0 Å². The van der Waals surface area contributed by atoms with Crippen LogP contribution in [0.5, 0.6) is 0 Å². The minimum absolute atomic E-state index is 0.187. The summed E-state index contributed by atoms with van der Waals surface area (Å²) >= 11 is 0. The fourth-order valence-corrected chi connectivity index (χ4v) is 1.56. The van der Waals surface area contributed by atoms with Crippen molar-refractivity contribution in [2.45, 2.75) is 25.4 Å². The van der Waals surface area contributed by atoms with E-state index in [2.05, 4.69) is 9.88 Å². The second kappa shape index (κ2) is 3.01. The minimum Gasteiger partial charge on any atom is -0.352 e.